The third-order valence-electron chi connectivity index (χ3n) is 4.75. The molecular formula is C21H24N2O7S. The molecule has 1 fully saturated rings. The van der Waals surface area contributed by atoms with Crippen LogP contribution < -0.4 is 10.1 Å². The van der Waals surface area contributed by atoms with E-state index in [1.54, 1.807) is 37.3 Å². The second-order valence-electron chi connectivity index (χ2n) is 6.81. The van der Waals surface area contributed by atoms with E-state index in [2.05, 4.69) is 10.1 Å². The number of hydrogen-bond donors (Lipinski definition) is 1. The number of sulfonamides is 1. The van der Waals surface area contributed by atoms with Crippen molar-refractivity contribution in [3.63, 3.8) is 0 Å². The summed E-state index contributed by atoms with van der Waals surface area (Å²) in [6, 6.07) is 11.0. The van der Waals surface area contributed by atoms with Gasteiger partial charge >= 0.3 is 5.97 Å². The number of nitrogens with zero attached hydrogens (tertiary/aromatic N) is 1. The van der Waals surface area contributed by atoms with Crippen LogP contribution in [0.4, 0.5) is 5.69 Å². The van der Waals surface area contributed by atoms with Crippen LogP contribution in [0.2, 0.25) is 0 Å². The van der Waals surface area contributed by atoms with E-state index in [0.29, 0.717) is 30.2 Å². The predicted octanol–water partition coefficient (Wildman–Crippen LogP) is 1.82. The molecule has 166 valence electrons. The van der Waals surface area contributed by atoms with E-state index in [1.165, 1.54) is 23.5 Å². The van der Waals surface area contributed by atoms with E-state index in [-0.39, 0.29) is 30.2 Å². The molecule has 1 saturated heterocycles. The second kappa shape index (κ2) is 9.90. The van der Waals surface area contributed by atoms with Crippen molar-refractivity contribution < 1.29 is 32.2 Å². The third kappa shape index (κ3) is 5.40. The SMILES string of the molecule is COC(=O)COc1ccc(NC(=O)c2ccccc2S(=O)(=O)N2CCOCC2)c(C)c1. The molecule has 0 aliphatic carbocycles. The Morgan fingerprint density at radius 2 is 1.84 bits per heavy atom. The van der Waals surface area contributed by atoms with Gasteiger partial charge in [-0.25, -0.2) is 13.2 Å². The summed E-state index contributed by atoms with van der Waals surface area (Å²) in [7, 11) is -2.57. The number of anilines is 1. The Kier molecular flexibility index (Phi) is 7.26. The van der Waals surface area contributed by atoms with Crippen LogP contribution in [-0.4, -0.2) is 64.6 Å². The van der Waals surface area contributed by atoms with Gasteiger partial charge < -0.3 is 19.5 Å². The monoisotopic (exact) mass is 448 g/mol. The summed E-state index contributed by atoms with van der Waals surface area (Å²) in [6.45, 7) is 2.65. The lowest BCUT2D eigenvalue weighted by molar-refractivity contribution is -0.142. The van der Waals surface area contributed by atoms with Gasteiger partial charge in [0.25, 0.3) is 5.91 Å². The van der Waals surface area contributed by atoms with Gasteiger partial charge in [-0.15, -0.1) is 0 Å². The first-order chi connectivity index (χ1) is 14.8. The van der Waals surface area contributed by atoms with Crippen LogP contribution in [0.15, 0.2) is 47.4 Å². The highest BCUT2D eigenvalue weighted by atomic mass is 32.2. The first-order valence-electron chi connectivity index (χ1n) is 9.61. The molecule has 1 aliphatic rings. The molecule has 0 spiro atoms. The molecule has 1 aliphatic heterocycles. The molecular weight excluding hydrogens is 424 g/mol. The second-order valence-corrected chi connectivity index (χ2v) is 8.71. The van der Waals surface area contributed by atoms with Crippen LogP contribution in [0.3, 0.4) is 0 Å². The maximum atomic E-state index is 13.1. The van der Waals surface area contributed by atoms with Crippen LogP contribution in [0.25, 0.3) is 0 Å². The topological polar surface area (TPSA) is 111 Å². The molecule has 0 aromatic heterocycles. The number of methoxy groups -OCH3 is 1. The number of esters is 1. The lowest BCUT2D eigenvalue weighted by Gasteiger charge is -2.26. The zero-order valence-corrected chi connectivity index (χ0v) is 18.1. The minimum Gasteiger partial charge on any atom is -0.482 e. The van der Waals surface area contributed by atoms with Crippen molar-refractivity contribution in [2.24, 2.45) is 0 Å². The fourth-order valence-electron chi connectivity index (χ4n) is 3.06. The first-order valence-corrected chi connectivity index (χ1v) is 11.1. The zero-order valence-electron chi connectivity index (χ0n) is 17.3. The molecule has 2 aromatic carbocycles. The summed E-state index contributed by atoms with van der Waals surface area (Å²) in [5.74, 6) is -0.608. The van der Waals surface area contributed by atoms with Crippen LogP contribution in [0.1, 0.15) is 15.9 Å². The summed E-state index contributed by atoms with van der Waals surface area (Å²) in [5.41, 5.74) is 1.23. The van der Waals surface area contributed by atoms with Crippen LogP contribution in [0.5, 0.6) is 5.75 Å². The number of carbonyl (C=O) groups excluding carboxylic acids is 2. The van der Waals surface area contributed by atoms with Gasteiger partial charge in [0.2, 0.25) is 10.0 Å². The van der Waals surface area contributed by atoms with Crippen molar-refractivity contribution in [2.45, 2.75) is 11.8 Å². The highest BCUT2D eigenvalue weighted by Gasteiger charge is 2.30. The Morgan fingerprint density at radius 3 is 2.52 bits per heavy atom. The Labute approximate surface area is 181 Å². The van der Waals surface area contributed by atoms with Crippen molar-refractivity contribution in [1.29, 1.82) is 0 Å². The molecule has 9 nitrogen and oxygen atoms in total. The average molecular weight is 448 g/mol. The summed E-state index contributed by atoms with van der Waals surface area (Å²) in [6.07, 6.45) is 0. The van der Waals surface area contributed by atoms with Gasteiger partial charge in [0, 0.05) is 18.8 Å². The summed E-state index contributed by atoms with van der Waals surface area (Å²) in [4.78, 5) is 24.1. The minimum absolute atomic E-state index is 0.0508. The number of aryl methyl sites for hydroxylation is 1. The number of hydrogen-bond acceptors (Lipinski definition) is 7. The van der Waals surface area contributed by atoms with E-state index < -0.39 is 21.9 Å². The number of ether oxygens (including phenoxy) is 3. The maximum absolute atomic E-state index is 13.1. The van der Waals surface area contributed by atoms with Gasteiger partial charge in [0.05, 0.1) is 30.8 Å². The molecule has 1 N–H and O–H groups in total. The van der Waals surface area contributed by atoms with Crippen LogP contribution in [0, 0.1) is 6.92 Å². The third-order valence-corrected chi connectivity index (χ3v) is 6.71. The number of amides is 1. The van der Waals surface area contributed by atoms with E-state index in [1.807, 2.05) is 0 Å². The van der Waals surface area contributed by atoms with E-state index >= 15 is 0 Å². The average Bonchev–Trinajstić information content (AvgIpc) is 2.79. The van der Waals surface area contributed by atoms with Gasteiger partial charge in [-0.3, -0.25) is 4.79 Å². The Morgan fingerprint density at radius 1 is 1.13 bits per heavy atom. The minimum atomic E-state index is -3.84. The van der Waals surface area contributed by atoms with Gasteiger partial charge in [-0.05, 0) is 42.8 Å². The molecule has 3 rings (SSSR count). The number of rotatable bonds is 7. The molecule has 0 radical (unpaired) electrons. The fraction of sp³-hybridized carbons (Fsp3) is 0.333. The van der Waals surface area contributed by atoms with Crippen LogP contribution >= 0.6 is 0 Å². The molecule has 0 saturated carbocycles. The quantitative estimate of drug-likeness (QED) is 0.643. The van der Waals surface area contributed by atoms with E-state index in [9.17, 15) is 18.0 Å². The molecule has 0 unspecified atom stereocenters. The van der Waals surface area contributed by atoms with Crippen molar-refractivity contribution in [3.8, 4) is 5.75 Å². The summed E-state index contributed by atoms with van der Waals surface area (Å²) < 4.78 is 42.5. The molecule has 0 bridgehead atoms. The normalized spacial score (nSPS) is 14.6. The number of carbonyl (C=O) groups is 2. The maximum Gasteiger partial charge on any atom is 0.343 e. The van der Waals surface area contributed by atoms with Crippen molar-refractivity contribution in [2.75, 3.05) is 45.3 Å². The molecule has 10 heteroatoms. The van der Waals surface area contributed by atoms with Crippen molar-refractivity contribution in [1.82, 2.24) is 4.31 Å². The fourth-order valence-corrected chi connectivity index (χ4v) is 4.66. The van der Waals surface area contributed by atoms with E-state index in [4.69, 9.17) is 9.47 Å². The molecule has 31 heavy (non-hydrogen) atoms. The standard InChI is InChI=1S/C21H24N2O7S/c1-15-13-16(30-14-20(24)28-2)7-8-18(15)22-21(25)17-5-3-4-6-19(17)31(26,27)23-9-11-29-12-10-23/h3-8,13H,9-12,14H2,1-2H3,(H,22,25). The van der Waals surface area contributed by atoms with Gasteiger partial charge in [0.1, 0.15) is 5.75 Å². The smallest absolute Gasteiger partial charge is 0.343 e. The summed E-state index contributed by atoms with van der Waals surface area (Å²) in [5, 5.41) is 2.75. The molecule has 1 amide bonds. The first kappa shape index (κ1) is 22.7. The van der Waals surface area contributed by atoms with Gasteiger partial charge in [-0.2, -0.15) is 4.31 Å². The number of morpholine rings is 1. The molecule has 2 aromatic rings. The Bertz CT molecular complexity index is 1060. The number of nitrogens with one attached hydrogen (secondary N) is 1. The van der Waals surface area contributed by atoms with Crippen molar-refractivity contribution >= 4 is 27.6 Å². The Balaban J connectivity index is 1.79. The predicted molar refractivity (Wildman–Crippen MR) is 113 cm³/mol. The molecule has 0 atom stereocenters. The zero-order chi connectivity index (χ0) is 22.4. The van der Waals surface area contributed by atoms with E-state index in [0.717, 1.165) is 0 Å². The summed E-state index contributed by atoms with van der Waals surface area (Å²) >= 11 is 0. The lowest BCUT2D eigenvalue weighted by Crippen LogP contribution is -2.41. The van der Waals surface area contributed by atoms with Gasteiger partial charge in [0.15, 0.2) is 6.61 Å². The largest absolute Gasteiger partial charge is 0.482 e. The van der Waals surface area contributed by atoms with Gasteiger partial charge in [-0.1, -0.05) is 12.1 Å². The molecule has 1 heterocycles. The van der Waals surface area contributed by atoms with Crippen LogP contribution in [-0.2, 0) is 24.3 Å². The highest BCUT2D eigenvalue weighted by molar-refractivity contribution is 7.89. The van der Waals surface area contributed by atoms with Crippen molar-refractivity contribution in [3.05, 3.63) is 53.6 Å². The Hall–Kier alpha value is -2.95. The number of benzene rings is 2. The highest BCUT2D eigenvalue weighted by Crippen LogP contribution is 2.25. The lowest BCUT2D eigenvalue weighted by atomic mass is 10.1.